The zero-order valence-corrected chi connectivity index (χ0v) is 8.98. The van der Waals surface area contributed by atoms with Crippen LogP contribution in [0, 0.1) is 6.92 Å². The van der Waals surface area contributed by atoms with E-state index in [1.165, 1.54) is 18.4 Å². The third-order valence-corrected chi connectivity index (χ3v) is 2.66. The molecule has 5 heteroatoms. The number of hydrogen-bond donors (Lipinski definition) is 1. The lowest BCUT2D eigenvalue weighted by atomic mass is 10.4. The summed E-state index contributed by atoms with van der Waals surface area (Å²) in [5, 5.41) is 3.73. The number of anilines is 1. The molecule has 0 unspecified atom stereocenters. The van der Waals surface area contributed by atoms with Crippen LogP contribution in [0.15, 0.2) is 12.7 Å². The van der Waals surface area contributed by atoms with Crippen LogP contribution < -0.4 is 5.32 Å². The number of ether oxygens (including phenoxy) is 1. The standard InChI is InChI=1S/C9H12N2O2S/c1-4-5-10-9-11-6(2)7(14-9)8(12)13-3/h4H,1,5H2,2-3H3,(H,10,11). The summed E-state index contributed by atoms with van der Waals surface area (Å²) in [6.45, 7) is 5.99. The Morgan fingerprint density at radius 2 is 2.50 bits per heavy atom. The second-order valence-corrected chi connectivity index (χ2v) is 3.59. The van der Waals surface area contributed by atoms with E-state index in [1.807, 2.05) is 0 Å². The number of hydrogen-bond acceptors (Lipinski definition) is 5. The summed E-state index contributed by atoms with van der Waals surface area (Å²) in [7, 11) is 1.36. The van der Waals surface area contributed by atoms with Gasteiger partial charge in [-0.2, -0.15) is 0 Å². The molecule has 0 spiro atoms. The molecule has 1 rings (SSSR count). The van der Waals surface area contributed by atoms with Gasteiger partial charge in [-0.05, 0) is 6.92 Å². The van der Waals surface area contributed by atoms with Gasteiger partial charge in [0.1, 0.15) is 4.88 Å². The van der Waals surface area contributed by atoms with Crippen LogP contribution >= 0.6 is 11.3 Å². The molecule has 76 valence electrons. The smallest absolute Gasteiger partial charge is 0.350 e. The number of esters is 1. The van der Waals surface area contributed by atoms with E-state index in [-0.39, 0.29) is 5.97 Å². The number of aromatic nitrogens is 1. The number of rotatable bonds is 4. The highest BCUT2D eigenvalue weighted by atomic mass is 32.1. The number of thiazole rings is 1. The van der Waals surface area contributed by atoms with E-state index < -0.39 is 0 Å². The number of nitrogens with zero attached hydrogens (tertiary/aromatic N) is 1. The van der Waals surface area contributed by atoms with Crippen molar-refractivity contribution in [2.75, 3.05) is 19.0 Å². The van der Waals surface area contributed by atoms with Crippen molar-refractivity contribution in [3.8, 4) is 0 Å². The average Bonchev–Trinajstić information content (AvgIpc) is 2.55. The predicted octanol–water partition coefficient (Wildman–Crippen LogP) is 1.84. The maximum Gasteiger partial charge on any atom is 0.350 e. The molecular formula is C9H12N2O2S. The Morgan fingerprint density at radius 3 is 3.07 bits per heavy atom. The molecule has 0 radical (unpaired) electrons. The van der Waals surface area contributed by atoms with Gasteiger partial charge in [0.25, 0.3) is 0 Å². The molecule has 4 nitrogen and oxygen atoms in total. The third kappa shape index (κ3) is 2.32. The fraction of sp³-hybridized carbons (Fsp3) is 0.333. The van der Waals surface area contributed by atoms with E-state index in [1.54, 1.807) is 13.0 Å². The van der Waals surface area contributed by atoms with E-state index in [2.05, 4.69) is 21.6 Å². The van der Waals surface area contributed by atoms with E-state index in [9.17, 15) is 4.79 Å². The zero-order valence-electron chi connectivity index (χ0n) is 8.16. The van der Waals surface area contributed by atoms with Crippen LogP contribution in [0.25, 0.3) is 0 Å². The minimum absolute atomic E-state index is 0.341. The number of methoxy groups -OCH3 is 1. The lowest BCUT2D eigenvalue weighted by molar-refractivity contribution is 0.0605. The molecule has 0 amide bonds. The number of aryl methyl sites for hydroxylation is 1. The van der Waals surface area contributed by atoms with Crippen LogP contribution in [0.1, 0.15) is 15.4 Å². The molecule has 0 aromatic carbocycles. The lowest BCUT2D eigenvalue weighted by Crippen LogP contribution is -1.99. The van der Waals surface area contributed by atoms with Gasteiger partial charge in [0.2, 0.25) is 0 Å². The second kappa shape index (κ2) is 4.76. The van der Waals surface area contributed by atoms with Crippen LogP contribution in [-0.2, 0) is 4.74 Å². The van der Waals surface area contributed by atoms with Crippen LogP contribution in [0.2, 0.25) is 0 Å². The molecule has 0 saturated carbocycles. The van der Waals surface area contributed by atoms with Crippen molar-refractivity contribution in [2.45, 2.75) is 6.92 Å². The Hall–Kier alpha value is -1.36. The van der Waals surface area contributed by atoms with Gasteiger partial charge >= 0.3 is 5.97 Å². The van der Waals surface area contributed by atoms with Gasteiger partial charge in [-0.3, -0.25) is 0 Å². The third-order valence-electron chi connectivity index (χ3n) is 1.57. The molecule has 1 aromatic heterocycles. The van der Waals surface area contributed by atoms with Crippen LogP contribution in [0.3, 0.4) is 0 Å². The maximum atomic E-state index is 11.2. The molecule has 0 atom stereocenters. The summed E-state index contributed by atoms with van der Waals surface area (Å²) >= 11 is 1.29. The summed E-state index contributed by atoms with van der Waals surface area (Å²) in [6.07, 6.45) is 1.73. The first-order chi connectivity index (χ1) is 6.69. The van der Waals surface area contributed by atoms with Crippen molar-refractivity contribution in [3.63, 3.8) is 0 Å². The first kappa shape index (κ1) is 10.7. The van der Waals surface area contributed by atoms with Gasteiger partial charge in [-0.15, -0.1) is 6.58 Å². The molecule has 0 aliphatic rings. The summed E-state index contributed by atoms with van der Waals surface area (Å²) in [5.74, 6) is -0.341. The van der Waals surface area contributed by atoms with E-state index in [0.29, 0.717) is 22.2 Å². The summed E-state index contributed by atoms with van der Waals surface area (Å²) in [6, 6.07) is 0. The normalized spacial score (nSPS) is 9.57. The fourth-order valence-electron chi connectivity index (χ4n) is 0.914. The Bertz CT molecular complexity index is 347. The molecule has 1 aromatic rings. The molecule has 0 fully saturated rings. The SMILES string of the molecule is C=CCNc1nc(C)c(C(=O)OC)s1. The van der Waals surface area contributed by atoms with Gasteiger partial charge in [0.15, 0.2) is 5.13 Å². The van der Waals surface area contributed by atoms with Gasteiger partial charge in [0, 0.05) is 6.54 Å². The molecule has 14 heavy (non-hydrogen) atoms. The van der Waals surface area contributed by atoms with Crippen molar-refractivity contribution in [3.05, 3.63) is 23.2 Å². The minimum atomic E-state index is -0.341. The zero-order chi connectivity index (χ0) is 10.6. The lowest BCUT2D eigenvalue weighted by Gasteiger charge is -1.94. The molecule has 0 saturated heterocycles. The van der Waals surface area contributed by atoms with Crippen LogP contribution in [0.5, 0.6) is 0 Å². The maximum absolute atomic E-state index is 11.2. The average molecular weight is 212 g/mol. The minimum Gasteiger partial charge on any atom is -0.465 e. The predicted molar refractivity (Wildman–Crippen MR) is 56.9 cm³/mol. The van der Waals surface area contributed by atoms with Gasteiger partial charge in [-0.25, -0.2) is 9.78 Å². The molecule has 1 N–H and O–H groups in total. The number of carbonyl (C=O) groups is 1. The summed E-state index contributed by atoms with van der Waals surface area (Å²) in [5.41, 5.74) is 0.688. The van der Waals surface area contributed by atoms with Crippen molar-refractivity contribution < 1.29 is 9.53 Å². The van der Waals surface area contributed by atoms with Crippen molar-refractivity contribution in [1.29, 1.82) is 0 Å². The summed E-state index contributed by atoms with van der Waals surface area (Å²) in [4.78, 5) is 15.9. The van der Waals surface area contributed by atoms with Crippen LogP contribution in [-0.4, -0.2) is 24.6 Å². The van der Waals surface area contributed by atoms with Gasteiger partial charge in [-0.1, -0.05) is 17.4 Å². The number of nitrogens with one attached hydrogen (secondary N) is 1. The molecule has 0 bridgehead atoms. The van der Waals surface area contributed by atoms with Gasteiger partial charge < -0.3 is 10.1 Å². The molecule has 0 aliphatic heterocycles. The van der Waals surface area contributed by atoms with E-state index in [0.717, 1.165) is 0 Å². The van der Waals surface area contributed by atoms with E-state index >= 15 is 0 Å². The van der Waals surface area contributed by atoms with Crippen molar-refractivity contribution >= 4 is 22.4 Å². The van der Waals surface area contributed by atoms with E-state index in [4.69, 9.17) is 0 Å². The monoisotopic (exact) mass is 212 g/mol. The highest BCUT2D eigenvalue weighted by Crippen LogP contribution is 2.22. The Morgan fingerprint density at radius 1 is 1.79 bits per heavy atom. The van der Waals surface area contributed by atoms with Crippen LogP contribution in [0.4, 0.5) is 5.13 Å². The largest absolute Gasteiger partial charge is 0.465 e. The fourth-order valence-corrected chi connectivity index (χ4v) is 1.81. The highest BCUT2D eigenvalue weighted by Gasteiger charge is 2.14. The topological polar surface area (TPSA) is 51.2 Å². The number of carbonyl (C=O) groups excluding carboxylic acids is 1. The Kier molecular flexibility index (Phi) is 3.64. The molecule has 1 heterocycles. The quantitative estimate of drug-likeness (QED) is 0.611. The van der Waals surface area contributed by atoms with Crippen molar-refractivity contribution in [2.24, 2.45) is 0 Å². The molecule has 0 aliphatic carbocycles. The highest BCUT2D eigenvalue weighted by molar-refractivity contribution is 7.17. The van der Waals surface area contributed by atoms with Gasteiger partial charge in [0.05, 0.1) is 12.8 Å². The Balaban J connectivity index is 2.81. The Labute approximate surface area is 86.6 Å². The van der Waals surface area contributed by atoms with Crippen molar-refractivity contribution in [1.82, 2.24) is 4.98 Å². The first-order valence-electron chi connectivity index (χ1n) is 4.09. The molecular weight excluding hydrogens is 200 g/mol. The second-order valence-electron chi connectivity index (χ2n) is 2.59. The summed E-state index contributed by atoms with van der Waals surface area (Å²) < 4.78 is 4.62. The first-order valence-corrected chi connectivity index (χ1v) is 4.91.